The Kier molecular flexibility index (Phi) is 5.10. The van der Waals surface area contributed by atoms with Gasteiger partial charge in [-0.1, -0.05) is 5.16 Å². The first kappa shape index (κ1) is 16.0. The van der Waals surface area contributed by atoms with Gasteiger partial charge in [0.15, 0.2) is 0 Å². The molecular formula is C17H20N4O3. The Morgan fingerprint density at radius 3 is 2.96 bits per heavy atom. The average Bonchev–Trinajstić information content (AvgIpc) is 3.30. The number of hydrogen-bond acceptors (Lipinski definition) is 5. The fourth-order valence-electron chi connectivity index (χ4n) is 2.48. The molecule has 0 aliphatic carbocycles. The first-order valence-corrected chi connectivity index (χ1v) is 7.87. The van der Waals surface area contributed by atoms with E-state index in [9.17, 15) is 4.79 Å². The molecule has 2 heterocycles. The molecule has 0 saturated heterocycles. The molecule has 1 aromatic carbocycles. The Bertz CT molecular complexity index is 695. The van der Waals surface area contributed by atoms with Gasteiger partial charge in [-0.05, 0) is 36.2 Å². The predicted octanol–water partition coefficient (Wildman–Crippen LogP) is 1.59. The number of ether oxygens (including phenoxy) is 1. The Morgan fingerprint density at radius 1 is 1.42 bits per heavy atom. The van der Waals surface area contributed by atoms with Crippen LogP contribution in [0.2, 0.25) is 0 Å². The van der Waals surface area contributed by atoms with E-state index in [1.54, 1.807) is 19.6 Å². The number of aromatic nitrogens is 2. The van der Waals surface area contributed by atoms with Crippen molar-refractivity contribution in [3.8, 4) is 5.75 Å². The van der Waals surface area contributed by atoms with Gasteiger partial charge < -0.3 is 19.5 Å². The predicted molar refractivity (Wildman–Crippen MR) is 88.9 cm³/mol. The van der Waals surface area contributed by atoms with Gasteiger partial charge in [0.25, 0.3) is 5.91 Å². The van der Waals surface area contributed by atoms with Crippen LogP contribution in [0.25, 0.3) is 0 Å². The minimum absolute atomic E-state index is 0.132. The van der Waals surface area contributed by atoms with E-state index in [4.69, 9.17) is 9.57 Å². The molecule has 0 spiro atoms. The number of oxime groups is 1. The van der Waals surface area contributed by atoms with E-state index in [0.29, 0.717) is 13.0 Å². The molecule has 0 bridgehead atoms. The van der Waals surface area contributed by atoms with Crippen LogP contribution in [0.3, 0.4) is 0 Å². The number of imidazole rings is 1. The van der Waals surface area contributed by atoms with E-state index in [1.807, 2.05) is 35.0 Å². The van der Waals surface area contributed by atoms with Gasteiger partial charge in [0.2, 0.25) is 6.10 Å². The zero-order chi connectivity index (χ0) is 16.8. The van der Waals surface area contributed by atoms with Crippen LogP contribution in [-0.4, -0.2) is 40.9 Å². The minimum atomic E-state index is -0.560. The van der Waals surface area contributed by atoms with E-state index in [1.165, 1.54) is 0 Å². The topological polar surface area (TPSA) is 77.7 Å². The molecule has 0 saturated carbocycles. The molecule has 0 radical (unpaired) electrons. The standard InChI is InChI=1S/C17H20N4O3/c1-23-14-5-3-13(4-6-14)15-11-16(24-20-15)17(22)19-7-2-9-21-10-8-18-12-21/h3-6,8,10,12,16H,2,7,9,11H2,1H3,(H,19,22)/t16-/m1/s1. The fraction of sp³-hybridized carbons (Fsp3) is 0.353. The molecule has 1 aliphatic rings. The summed E-state index contributed by atoms with van der Waals surface area (Å²) in [6.45, 7) is 1.41. The highest BCUT2D eigenvalue weighted by atomic mass is 16.6. The summed E-state index contributed by atoms with van der Waals surface area (Å²) in [6, 6.07) is 7.54. The number of nitrogens with zero attached hydrogens (tertiary/aromatic N) is 3. The number of carbonyl (C=O) groups excluding carboxylic acids is 1. The van der Waals surface area contributed by atoms with Crippen molar-refractivity contribution < 1.29 is 14.4 Å². The fourth-order valence-corrected chi connectivity index (χ4v) is 2.48. The average molecular weight is 328 g/mol. The van der Waals surface area contributed by atoms with Gasteiger partial charge in [0, 0.05) is 31.9 Å². The summed E-state index contributed by atoms with van der Waals surface area (Å²) < 4.78 is 7.11. The molecular weight excluding hydrogens is 308 g/mol. The number of aryl methyl sites for hydroxylation is 1. The van der Waals surface area contributed by atoms with Gasteiger partial charge in [0.05, 0.1) is 19.1 Å². The van der Waals surface area contributed by atoms with Crippen LogP contribution >= 0.6 is 0 Å². The van der Waals surface area contributed by atoms with Crippen LogP contribution in [0.5, 0.6) is 5.75 Å². The van der Waals surface area contributed by atoms with Crippen molar-refractivity contribution in [3.63, 3.8) is 0 Å². The summed E-state index contributed by atoms with van der Waals surface area (Å²) in [6.07, 6.45) is 6.15. The normalized spacial score (nSPS) is 16.4. The Hall–Kier alpha value is -2.83. The van der Waals surface area contributed by atoms with Crippen molar-refractivity contribution in [3.05, 3.63) is 48.5 Å². The lowest BCUT2D eigenvalue weighted by atomic mass is 10.0. The second kappa shape index (κ2) is 7.63. The summed E-state index contributed by atoms with van der Waals surface area (Å²) in [5, 5.41) is 6.92. The van der Waals surface area contributed by atoms with Crippen molar-refractivity contribution >= 4 is 11.6 Å². The number of amides is 1. The highest BCUT2D eigenvalue weighted by Gasteiger charge is 2.28. The molecule has 1 aliphatic heterocycles. The summed E-state index contributed by atoms with van der Waals surface area (Å²) >= 11 is 0. The number of rotatable bonds is 7. The van der Waals surface area contributed by atoms with Crippen molar-refractivity contribution in [2.45, 2.75) is 25.5 Å². The zero-order valence-electron chi connectivity index (χ0n) is 13.5. The van der Waals surface area contributed by atoms with Gasteiger partial charge in [-0.2, -0.15) is 0 Å². The Labute approximate surface area is 140 Å². The summed E-state index contributed by atoms with van der Waals surface area (Å²) in [7, 11) is 1.62. The van der Waals surface area contributed by atoms with E-state index < -0.39 is 6.10 Å². The first-order valence-electron chi connectivity index (χ1n) is 7.87. The highest BCUT2D eigenvalue weighted by molar-refractivity contribution is 6.04. The van der Waals surface area contributed by atoms with Gasteiger partial charge in [-0.3, -0.25) is 4.79 Å². The quantitative estimate of drug-likeness (QED) is 0.783. The Balaban J connectivity index is 1.42. The highest BCUT2D eigenvalue weighted by Crippen LogP contribution is 2.19. The molecule has 1 aromatic heterocycles. The molecule has 7 heteroatoms. The van der Waals surface area contributed by atoms with Gasteiger partial charge in [-0.15, -0.1) is 0 Å². The lowest BCUT2D eigenvalue weighted by Gasteiger charge is -2.09. The maximum Gasteiger partial charge on any atom is 0.264 e. The van der Waals surface area contributed by atoms with Crippen LogP contribution < -0.4 is 10.1 Å². The first-order chi connectivity index (χ1) is 11.8. The maximum absolute atomic E-state index is 12.1. The molecule has 0 fully saturated rings. The molecule has 126 valence electrons. The second-order valence-electron chi connectivity index (χ2n) is 5.51. The molecule has 24 heavy (non-hydrogen) atoms. The molecule has 1 atom stereocenters. The lowest BCUT2D eigenvalue weighted by molar-refractivity contribution is -0.131. The summed E-state index contributed by atoms with van der Waals surface area (Å²) in [4.78, 5) is 21.4. The zero-order valence-corrected chi connectivity index (χ0v) is 13.5. The lowest BCUT2D eigenvalue weighted by Crippen LogP contribution is -2.35. The number of nitrogens with one attached hydrogen (secondary N) is 1. The van der Waals surface area contributed by atoms with Gasteiger partial charge in [0.1, 0.15) is 5.75 Å². The summed E-state index contributed by atoms with van der Waals surface area (Å²) in [5.41, 5.74) is 1.71. The van der Waals surface area contributed by atoms with E-state index in [2.05, 4.69) is 15.5 Å². The summed E-state index contributed by atoms with van der Waals surface area (Å²) in [5.74, 6) is 0.651. The van der Waals surface area contributed by atoms with Crippen molar-refractivity contribution in [1.29, 1.82) is 0 Å². The molecule has 3 rings (SSSR count). The molecule has 1 amide bonds. The second-order valence-corrected chi connectivity index (χ2v) is 5.51. The van der Waals surface area contributed by atoms with E-state index >= 15 is 0 Å². The Morgan fingerprint density at radius 2 is 2.25 bits per heavy atom. The third-order valence-electron chi connectivity index (χ3n) is 3.84. The SMILES string of the molecule is COc1ccc(C2=NO[C@@H](C(=O)NCCCn3ccnc3)C2)cc1. The monoisotopic (exact) mass is 328 g/mol. The van der Waals surface area contributed by atoms with Crippen LogP contribution in [0, 0.1) is 0 Å². The minimum Gasteiger partial charge on any atom is -0.497 e. The van der Waals surface area contributed by atoms with Crippen LogP contribution in [0.1, 0.15) is 18.4 Å². The maximum atomic E-state index is 12.1. The number of benzene rings is 1. The number of methoxy groups -OCH3 is 1. The van der Waals surface area contributed by atoms with E-state index in [-0.39, 0.29) is 5.91 Å². The smallest absolute Gasteiger partial charge is 0.264 e. The van der Waals surface area contributed by atoms with Crippen LogP contribution in [0.15, 0.2) is 48.1 Å². The number of carbonyl (C=O) groups is 1. The van der Waals surface area contributed by atoms with Crippen molar-refractivity contribution in [1.82, 2.24) is 14.9 Å². The van der Waals surface area contributed by atoms with E-state index in [0.717, 1.165) is 30.0 Å². The molecule has 0 unspecified atom stereocenters. The van der Waals surface area contributed by atoms with Crippen molar-refractivity contribution in [2.75, 3.05) is 13.7 Å². The van der Waals surface area contributed by atoms with Gasteiger partial charge >= 0.3 is 0 Å². The number of hydrogen-bond donors (Lipinski definition) is 1. The van der Waals surface area contributed by atoms with Crippen LogP contribution in [-0.2, 0) is 16.2 Å². The third kappa shape index (κ3) is 3.92. The third-order valence-corrected chi connectivity index (χ3v) is 3.84. The molecule has 2 aromatic rings. The van der Waals surface area contributed by atoms with Gasteiger partial charge in [-0.25, -0.2) is 4.98 Å². The molecule has 7 nitrogen and oxygen atoms in total. The molecule has 1 N–H and O–H groups in total. The largest absolute Gasteiger partial charge is 0.497 e. The van der Waals surface area contributed by atoms with Crippen LogP contribution in [0.4, 0.5) is 0 Å². The van der Waals surface area contributed by atoms with Crippen molar-refractivity contribution in [2.24, 2.45) is 5.16 Å².